The van der Waals surface area contributed by atoms with Crippen LogP contribution in [0.5, 0.6) is 0 Å². The lowest BCUT2D eigenvalue weighted by Crippen LogP contribution is -2.67. The number of rotatable bonds is 9. The van der Waals surface area contributed by atoms with Gasteiger partial charge < -0.3 is 16.0 Å². The number of hydrogen-bond donors (Lipinski definition) is 2. The van der Waals surface area contributed by atoms with Gasteiger partial charge in [0.2, 0.25) is 17.6 Å². The first kappa shape index (κ1) is 30.0. The summed E-state index contributed by atoms with van der Waals surface area (Å²) >= 11 is 0. The van der Waals surface area contributed by atoms with Gasteiger partial charge >= 0.3 is 23.9 Å². The first-order valence-electron chi connectivity index (χ1n) is 10.2. The van der Waals surface area contributed by atoms with Gasteiger partial charge in [-0.15, -0.1) is 0 Å². The van der Waals surface area contributed by atoms with Gasteiger partial charge in [-0.25, -0.2) is 0 Å². The van der Waals surface area contributed by atoms with Crippen LogP contribution in [0.4, 0.5) is 39.5 Å². The van der Waals surface area contributed by atoms with Crippen LogP contribution < -0.4 is 11.1 Å². The molecule has 0 aliphatic carbocycles. The standard InChI is InChI=1S/C19H26F9N3O3/c1-8(2)11(29)15(34)31-7-5-6-10(31)14(33)30-12(9(3)4)13(32)16(20,21)17(22,23)18(24,25)19(26,27)28/h8-12H,5-7,29H2,1-4H3,(H,30,33)/t10-,11-,12-/m0/s1. The van der Waals surface area contributed by atoms with Crippen molar-refractivity contribution in [3.8, 4) is 0 Å². The van der Waals surface area contributed by atoms with Crippen molar-refractivity contribution >= 4 is 17.6 Å². The molecule has 0 unspecified atom stereocenters. The summed E-state index contributed by atoms with van der Waals surface area (Å²) in [5.41, 5.74) is 5.76. The molecule has 0 spiro atoms. The Kier molecular flexibility index (Phi) is 8.72. The summed E-state index contributed by atoms with van der Waals surface area (Å²) in [6.07, 6.45) is -6.84. The minimum Gasteiger partial charge on any atom is -0.344 e. The quantitative estimate of drug-likeness (QED) is 0.462. The van der Waals surface area contributed by atoms with Crippen LogP contribution in [-0.4, -0.2) is 71.1 Å². The number of nitrogens with one attached hydrogen (secondary N) is 1. The van der Waals surface area contributed by atoms with Gasteiger partial charge in [-0.2, -0.15) is 39.5 Å². The Balaban J connectivity index is 3.22. The Morgan fingerprint density at radius 2 is 1.38 bits per heavy atom. The Hall–Kier alpha value is -2.06. The molecule has 3 N–H and O–H groups in total. The van der Waals surface area contributed by atoms with Crippen LogP contribution in [0.25, 0.3) is 0 Å². The molecule has 0 aromatic rings. The predicted octanol–water partition coefficient (Wildman–Crippen LogP) is 3.14. The van der Waals surface area contributed by atoms with Crippen molar-refractivity contribution in [2.75, 3.05) is 6.54 Å². The number of Topliss-reactive ketones (excluding diaryl/α,β-unsaturated/α-hetero) is 1. The zero-order valence-electron chi connectivity index (χ0n) is 18.7. The number of nitrogens with two attached hydrogens (primary N) is 1. The SMILES string of the molecule is CC(C)[C@H](N)C(=O)N1CCC[C@H]1C(=O)N[C@H](C(=O)C(F)(F)C(F)(F)C(F)(F)C(F)(F)F)C(C)C. The molecule has 34 heavy (non-hydrogen) atoms. The Morgan fingerprint density at radius 3 is 1.79 bits per heavy atom. The third kappa shape index (κ3) is 5.28. The van der Waals surface area contributed by atoms with Crippen LogP contribution in [0.1, 0.15) is 40.5 Å². The van der Waals surface area contributed by atoms with Gasteiger partial charge in [0.1, 0.15) is 6.04 Å². The maximum Gasteiger partial charge on any atom is 0.460 e. The number of halogens is 9. The van der Waals surface area contributed by atoms with E-state index in [0.29, 0.717) is 0 Å². The fourth-order valence-corrected chi connectivity index (χ4v) is 3.29. The van der Waals surface area contributed by atoms with Gasteiger partial charge in [-0.1, -0.05) is 27.7 Å². The predicted molar refractivity (Wildman–Crippen MR) is 100 cm³/mol. The van der Waals surface area contributed by atoms with Crippen molar-refractivity contribution in [2.24, 2.45) is 17.6 Å². The highest BCUT2D eigenvalue weighted by atomic mass is 19.4. The molecule has 1 aliphatic rings. The largest absolute Gasteiger partial charge is 0.460 e. The van der Waals surface area contributed by atoms with Crippen molar-refractivity contribution in [3.05, 3.63) is 0 Å². The van der Waals surface area contributed by atoms with E-state index in [4.69, 9.17) is 5.73 Å². The van der Waals surface area contributed by atoms with Crippen LogP contribution in [0.2, 0.25) is 0 Å². The van der Waals surface area contributed by atoms with Crippen LogP contribution in [0, 0.1) is 11.8 Å². The molecule has 3 atom stereocenters. The van der Waals surface area contributed by atoms with Crippen molar-refractivity contribution in [3.63, 3.8) is 0 Å². The van der Waals surface area contributed by atoms with Crippen molar-refractivity contribution in [1.29, 1.82) is 0 Å². The third-order valence-corrected chi connectivity index (χ3v) is 5.54. The number of carbonyl (C=O) groups excluding carboxylic acids is 3. The van der Waals surface area contributed by atoms with Gasteiger partial charge in [0.05, 0.1) is 12.1 Å². The number of alkyl halides is 9. The van der Waals surface area contributed by atoms with Crippen LogP contribution in [-0.2, 0) is 14.4 Å². The van der Waals surface area contributed by atoms with E-state index in [0.717, 1.165) is 18.7 Å². The van der Waals surface area contributed by atoms with Crippen molar-refractivity contribution < 1.29 is 53.9 Å². The van der Waals surface area contributed by atoms with E-state index in [1.807, 2.05) is 0 Å². The molecule has 15 heteroatoms. The van der Waals surface area contributed by atoms with E-state index in [2.05, 4.69) is 0 Å². The number of nitrogens with zero attached hydrogens (tertiary/aromatic N) is 1. The molecule has 0 aromatic heterocycles. The van der Waals surface area contributed by atoms with Crippen LogP contribution in [0.15, 0.2) is 0 Å². The van der Waals surface area contributed by atoms with E-state index < -0.39 is 65.6 Å². The summed E-state index contributed by atoms with van der Waals surface area (Å²) in [7, 11) is 0. The Morgan fingerprint density at radius 1 is 0.882 bits per heavy atom. The molecular weight excluding hydrogens is 489 g/mol. The average Bonchev–Trinajstić information content (AvgIpc) is 3.18. The lowest BCUT2D eigenvalue weighted by atomic mass is 9.90. The van der Waals surface area contributed by atoms with E-state index >= 15 is 0 Å². The number of likely N-dealkylation sites (tertiary alicyclic amines) is 1. The summed E-state index contributed by atoms with van der Waals surface area (Å²) < 4.78 is 119. The zero-order valence-corrected chi connectivity index (χ0v) is 18.7. The van der Waals surface area contributed by atoms with Gasteiger partial charge in [0, 0.05) is 6.54 Å². The minimum absolute atomic E-state index is 0.0138. The lowest BCUT2D eigenvalue weighted by Gasteiger charge is -2.35. The maximum absolute atomic E-state index is 14.1. The minimum atomic E-state index is -7.24. The van der Waals surface area contributed by atoms with Crippen LogP contribution in [0.3, 0.4) is 0 Å². The van der Waals surface area contributed by atoms with Gasteiger partial charge in [0.25, 0.3) is 0 Å². The molecule has 1 fully saturated rings. The molecular formula is C19H26F9N3O3. The normalized spacial score (nSPS) is 20.0. The summed E-state index contributed by atoms with van der Waals surface area (Å²) in [5, 5.41) is 1.72. The number of hydrogen-bond acceptors (Lipinski definition) is 4. The van der Waals surface area contributed by atoms with E-state index in [-0.39, 0.29) is 25.3 Å². The lowest BCUT2D eigenvalue weighted by molar-refractivity contribution is -0.388. The molecule has 0 radical (unpaired) electrons. The highest BCUT2D eigenvalue weighted by molar-refractivity contribution is 5.97. The monoisotopic (exact) mass is 515 g/mol. The molecule has 0 saturated carbocycles. The Bertz CT molecular complexity index is 785. The Labute approximate surface area is 189 Å². The number of amides is 2. The van der Waals surface area contributed by atoms with E-state index in [1.54, 1.807) is 19.2 Å². The third-order valence-electron chi connectivity index (χ3n) is 5.54. The summed E-state index contributed by atoms with van der Waals surface area (Å²) in [5.74, 6) is -27.6. The highest BCUT2D eigenvalue weighted by Gasteiger charge is 2.83. The smallest absolute Gasteiger partial charge is 0.344 e. The van der Waals surface area contributed by atoms with Gasteiger partial charge in [-0.05, 0) is 24.7 Å². The van der Waals surface area contributed by atoms with Gasteiger partial charge in [-0.3, -0.25) is 14.4 Å². The number of ketones is 1. The van der Waals surface area contributed by atoms with Crippen molar-refractivity contribution in [2.45, 2.75) is 82.6 Å². The second kappa shape index (κ2) is 9.90. The average molecular weight is 515 g/mol. The second-order valence-corrected chi connectivity index (χ2v) is 8.77. The maximum atomic E-state index is 14.1. The fourth-order valence-electron chi connectivity index (χ4n) is 3.29. The first-order valence-corrected chi connectivity index (χ1v) is 10.2. The molecule has 198 valence electrons. The molecule has 0 bridgehead atoms. The molecule has 1 rings (SSSR count). The van der Waals surface area contributed by atoms with E-state index in [9.17, 15) is 53.9 Å². The van der Waals surface area contributed by atoms with Gasteiger partial charge in [0.15, 0.2) is 0 Å². The van der Waals surface area contributed by atoms with E-state index in [1.165, 1.54) is 0 Å². The fraction of sp³-hybridized carbons (Fsp3) is 0.842. The summed E-state index contributed by atoms with van der Waals surface area (Å²) in [6.45, 7) is 5.21. The molecule has 1 heterocycles. The first-order chi connectivity index (χ1) is 15.1. The molecule has 0 aromatic carbocycles. The van der Waals surface area contributed by atoms with Crippen molar-refractivity contribution in [1.82, 2.24) is 10.2 Å². The van der Waals surface area contributed by atoms with Crippen LogP contribution >= 0.6 is 0 Å². The molecule has 6 nitrogen and oxygen atoms in total. The number of carbonyl (C=O) groups is 3. The zero-order chi connectivity index (χ0) is 27.0. The molecule has 1 saturated heterocycles. The molecule has 1 aliphatic heterocycles. The molecule has 2 amide bonds. The second-order valence-electron chi connectivity index (χ2n) is 8.77. The topological polar surface area (TPSA) is 92.5 Å². The highest BCUT2D eigenvalue weighted by Crippen LogP contribution is 2.53. The summed E-state index contributed by atoms with van der Waals surface area (Å²) in [6, 6.07) is -4.94. The summed E-state index contributed by atoms with van der Waals surface area (Å²) in [4.78, 5) is 38.3.